The average molecular weight is 448 g/mol. The number of thiol groups is 1. The number of fused-ring (bicyclic) bond motifs is 2. The predicted octanol–water partition coefficient (Wildman–Crippen LogP) is 4.28. The van der Waals surface area contributed by atoms with Gasteiger partial charge in [-0.3, -0.25) is 5.41 Å². The molecule has 0 saturated carbocycles. The lowest BCUT2D eigenvalue weighted by atomic mass is 10.1. The molecule has 3 aromatic rings. The molecule has 4 nitrogen and oxygen atoms in total. The average Bonchev–Trinajstić information content (AvgIpc) is 2.99. The third-order valence-corrected chi connectivity index (χ3v) is 5.48. The van der Waals surface area contributed by atoms with Crippen LogP contribution in [-0.4, -0.2) is 27.8 Å². The van der Waals surface area contributed by atoms with Crippen LogP contribution >= 0.6 is 35.2 Å². The summed E-state index contributed by atoms with van der Waals surface area (Å²) in [6.45, 7) is 0.743. The zero-order valence-electron chi connectivity index (χ0n) is 12.9. The van der Waals surface area contributed by atoms with Crippen molar-refractivity contribution in [2.24, 2.45) is 0 Å². The van der Waals surface area contributed by atoms with Crippen molar-refractivity contribution >= 4 is 57.6 Å². The van der Waals surface area contributed by atoms with Crippen molar-refractivity contribution in [1.29, 1.82) is 5.41 Å². The first kappa shape index (κ1) is 15.8. The summed E-state index contributed by atoms with van der Waals surface area (Å²) < 4.78 is 1.13. The fourth-order valence-electron chi connectivity index (χ4n) is 3.15. The minimum Gasteiger partial charge on any atom is -0.361 e. The standard InChI is InChI=1S/C18H17IN4S/c19-12-5-6-16-14(9-12)17(20)23(18(24)22-16)8-7-11-10-21-15-4-2-1-3-13(11)15/h1-6,9-10,18,20-22,24H,7-8H2. The first-order chi connectivity index (χ1) is 11.6. The molecule has 0 fully saturated rings. The molecule has 4 rings (SSSR count). The van der Waals surface area contributed by atoms with Gasteiger partial charge in [-0.1, -0.05) is 18.2 Å². The van der Waals surface area contributed by atoms with Crippen molar-refractivity contribution in [3.05, 3.63) is 63.4 Å². The molecule has 1 unspecified atom stereocenters. The van der Waals surface area contributed by atoms with Crippen LogP contribution in [0.1, 0.15) is 11.1 Å². The Morgan fingerprint density at radius 2 is 2.04 bits per heavy atom. The van der Waals surface area contributed by atoms with Gasteiger partial charge >= 0.3 is 0 Å². The van der Waals surface area contributed by atoms with Crippen LogP contribution in [0.4, 0.5) is 5.69 Å². The van der Waals surface area contributed by atoms with Crippen molar-refractivity contribution < 1.29 is 0 Å². The Labute approximate surface area is 159 Å². The van der Waals surface area contributed by atoms with Gasteiger partial charge in [0.2, 0.25) is 0 Å². The van der Waals surface area contributed by atoms with Gasteiger partial charge in [0.25, 0.3) is 0 Å². The van der Waals surface area contributed by atoms with Crippen molar-refractivity contribution in [1.82, 2.24) is 9.88 Å². The van der Waals surface area contributed by atoms with E-state index in [9.17, 15) is 0 Å². The topological polar surface area (TPSA) is 54.9 Å². The molecule has 122 valence electrons. The zero-order chi connectivity index (χ0) is 16.7. The summed E-state index contributed by atoms with van der Waals surface area (Å²) in [5.74, 6) is 0.530. The smallest absolute Gasteiger partial charge is 0.146 e. The fraction of sp³-hybridized carbons (Fsp3) is 0.167. The minimum atomic E-state index is -0.185. The number of halogens is 1. The minimum absolute atomic E-state index is 0.185. The molecule has 0 bridgehead atoms. The number of hydrogen-bond donors (Lipinski definition) is 4. The van der Waals surface area contributed by atoms with Gasteiger partial charge in [0.05, 0.1) is 0 Å². The molecule has 0 aliphatic carbocycles. The van der Waals surface area contributed by atoms with Crippen LogP contribution in [0, 0.1) is 8.98 Å². The molecule has 0 radical (unpaired) electrons. The maximum absolute atomic E-state index is 8.57. The number of hydrogen-bond acceptors (Lipinski definition) is 3. The van der Waals surface area contributed by atoms with Gasteiger partial charge in [-0.2, -0.15) is 0 Å². The molecular weight excluding hydrogens is 431 g/mol. The second-order valence-corrected chi connectivity index (χ2v) is 7.59. The molecule has 2 aromatic carbocycles. The maximum atomic E-state index is 8.57. The molecule has 1 atom stereocenters. The van der Waals surface area contributed by atoms with E-state index in [1.165, 1.54) is 10.9 Å². The zero-order valence-corrected chi connectivity index (χ0v) is 15.9. The number of anilines is 1. The maximum Gasteiger partial charge on any atom is 0.146 e. The third kappa shape index (κ3) is 2.77. The Bertz CT molecular complexity index is 920. The molecule has 2 heterocycles. The number of amidine groups is 1. The summed E-state index contributed by atoms with van der Waals surface area (Å²) in [7, 11) is 0. The van der Waals surface area contributed by atoms with E-state index in [1.807, 2.05) is 29.2 Å². The fourth-order valence-corrected chi connectivity index (χ4v) is 4.01. The lowest BCUT2D eigenvalue weighted by molar-refractivity contribution is 0.418. The van der Waals surface area contributed by atoms with Crippen LogP contribution in [0.5, 0.6) is 0 Å². The predicted molar refractivity (Wildman–Crippen MR) is 111 cm³/mol. The van der Waals surface area contributed by atoms with Gasteiger partial charge in [0.1, 0.15) is 11.3 Å². The van der Waals surface area contributed by atoms with Crippen molar-refractivity contribution in [3.63, 3.8) is 0 Å². The van der Waals surface area contributed by atoms with Gasteiger partial charge in [0, 0.05) is 38.5 Å². The highest BCUT2D eigenvalue weighted by atomic mass is 127. The number of nitrogens with one attached hydrogen (secondary N) is 3. The van der Waals surface area contributed by atoms with Crippen molar-refractivity contribution in [2.45, 2.75) is 11.9 Å². The van der Waals surface area contributed by atoms with Crippen LogP contribution in [0.3, 0.4) is 0 Å². The summed E-state index contributed by atoms with van der Waals surface area (Å²) in [6.07, 6.45) is 2.93. The summed E-state index contributed by atoms with van der Waals surface area (Å²) in [6, 6.07) is 14.4. The Kier molecular flexibility index (Phi) is 4.17. The number of nitrogens with zero attached hydrogens (tertiary/aromatic N) is 1. The quantitative estimate of drug-likeness (QED) is 0.357. The third-order valence-electron chi connectivity index (χ3n) is 4.40. The number of H-pyrrole nitrogens is 1. The van der Waals surface area contributed by atoms with Crippen LogP contribution in [0.15, 0.2) is 48.7 Å². The lowest BCUT2D eigenvalue weighted by Crippen LogP contribution is -2.46. The Morgan fingerprint density at radius 3 is 2.92 bits per heavy atom. The van der Waals surface area contributed by atoms with E-state index < -0.39 is 0 Å². The highest BCUT2D eigenvalue weighted by molar-refractivity contribution is 14.1. The van der Waals surface area contributed by atoms with E-state index in [0.29, 0.717) is 5.84 Å². The lowest BCUT2D eigenvalue weighted by Gasteiger charge is -2.37. The van der Waals surface area contributed by atoms with Gasteiger partial charge in [-0.25, -0.2) is 0 Å². The number of aromatic nitrogens is 1. The summed E-state index contributed by atoms with van der Waals surface area (Å²) >= 11 is 6.92. The molecule has 0 amide bonds. The molecule has 1 aliphatic heterocycles. The largest absolute Gasteiger partial charge is 0.361 e. The van der Waals surface area contributed by atoms with E-state index in [2.05, 4.69) is 69.9 Å². The SMILES string of the molecule is N=C1c2cc(I)ccc2NC(S)N1CCc1c[nH]c2ccccc12. The molecule has 1 aliphatic rings. The van der Waals surface area contributed by atoms with E-state index in [0.717, 1.165) is 33.3 Å². The normalized spacial score (nSPS) is 17.0. The second-order valence-electron chi connectivity index (χ2n) is 5.86. The van der Waals surface area contributed by atoms with E-state index in [1.54, 1.807) is 0 Å². The second kappa shape index (κ2) is 6.33. The van der Waals surface area contributed by atoms with Crippen LogP contribution in [0.25, 0.3) is 10.9 Å². The molecule has 1 aromatic heterocycles. The highest BCUT2D eigenvalue weighted by Gasteiger charge is 2.27. The monoisotopic (exact) mass is 448 g/mol. The first-order valence-corrected chi connectivity index (χ1v) is 9.38. The van der Waals surface area contributed by atoms with Crippen LogP contribution in [-0.2, 0) is 6.42 Å². The Morgan fingerprint density at radius 1 is 1.21 bits per heavy atom. The highest BCUT2D eigenvalue weighted by Crippen LogP contribution is 2.28. The molecule has 24 heavy (non-hydrogen) atoms. The Hall–Kier alpha value is -1.67. The molecule has 3 N–H and O–H groups in total. The van der Waals surface area contributed by atoms with E-state index in [-0.39, 0.29) is 5.50 Å². The summed E-state index contributed by atoms with van der Waals surface area (Å²) in [4.78, 5) is 5.32. The molecule has 6 heteroatoms. The van der Waals surface area contributed by atoms with E-state index >= 15 is 0 Å². The van der Waals surface area contributed by atoms with Gasteiger partial charge in [-0.15, -0.1) is 12.6 Å². The van der Waals surface area contributed by atoms with Crippen LogP contribution in [0.2, 0.25) is 0 Å². The molecule has 0 spiro atoms. The number of rotatable bonds is 3. The Balaban J connectivity index is 1.57. The van der Waals surface area contributed by atoms with Gasteiger partial charge < -0.3 is 15.2 Å². The first-order valence-electron chi connectivity index (χ1n) is 7.78. The molecule has 0 saturated heterocycles. The van der Waals surface area contributed by atoms with Gasteiger partial charge in [-0.05, 0) is 58.8 Å². The number of para-hydroxylation sites is 1. The summed E-state index contributed by atoms with van der Waals surface area (Å²) in [5.41, 5.74) is 4.15. The van der Waals surface area contributed by atoms with Crippen molar-refractivity contribution in [3.8, 4) is 0 Å². The molecular formula is C18H17IN4S. The van der Waals surface area contributed by atoms with Gasteiger partial charge in [0.15, 0.2) is 0 Å². The summed E-state index contributed by atoms with van der Waals surface area (Å²) in [5, 5.41) is 13.2. The van der Waals surface area contributed by atoms with Crippen LogP contribution < -0.4 is 5.32 Å². The number of benzene rings is 2. The van der Waals surface area contributed by atoms with E-state index in [4.69, 9.17) is 5.41 Å². The van der Waals surface area contributed by atoms with Crippen molar-refractivity contribution in [2.75, 3.05) is 11.9 Å². The number of aromatic amines is 1.